The molecule has 0 heterocycles. The molecule has 7 nitrogen and oxygen atoms in total. The van der Waals surface area contributed by atoms with Gasteiger partial charge in [-0.25, -0.2) is 12.7 Å². The third-order valence-electron chi connectivity index (χ3n) is 4.25. The molecule has 8 heteroatoms. The largest absolute Gasteiger partial charge is 0.495 e. The highest BCUT2D eigenvalue weighted by Crippen LogP contribution is 2.28. The molecule has 0 bridgehead atoms. The van der Waals surface area contributed by atoms with Crippen LogP contribution in [0.5, 0.6) is 5.75 Å². The standard InChI is InChI=1S/C20H27N3O4S/c1-14(2)16-8-6-7-9-17(16)21-13-20(24)22-18-12-15(10-11-19(18)27-5)28(25,26)23(3)4/h6-12,14,21H,13H2,1-5H3,(H,22,24). The normalized spacial score (nSPS) is 11.5. The molecule has 0 saturated heterocycles. The monoisotopic (exact) mass is 405 g/mol. The van der Waals surface area contributed by atoms with Gasteiger partial charge in [0.25, 0.3) is 0 Å². The molecule has 0 spiro atoms. The van der Waals surface area contributed by atoms with Crippen molar-refractivity contribution in [2.75, 3.05) is 38.4 Å². The number of rotatable bonds is 8. The zero-order chi connectivity index (χ0) is 20.9. The van der Waals surface area contributed by atoms with E-state index in [1.165, 1.54) is 39.4 Å². The molecule has 0 atom stereocenters. The first-order valence-corrected chi connectivity index (χ1v) is 10.3. The molecule has 0 aromatic heterocycles. The second kappa shape index (κ2) is 9.07. The Labute approximate surface area is 166 Å². The van der Waals surface area contributed by atoms with Crippen LogP contribution in [0.15, 0.2) is 47.4 Å². The second-order valence-electron chi connectivity index (χ2n) is 6.79. The van der Waals surface area contributed by atoms with Crippen LogP contribution in [0.25, 0.3) is 0 Å². The van der Waals surface area contributed by atoms with Crippen LogP contribution < -0.4 is 15.4 Å². The van der Waals surface area contributed by atoms with Gasteiger partial charge in [0, 0.05) is 19.8 Å². The predicted molar refractivity (Wildman–Crippen MR) is 112 cm³/mol. The lowest BCUT2D eigenvalue weighted by atomic mass is 10.0. The first kappa shape index (κ1) is 21.7. The van der Waals surface area contributed by atoms with Crippen molar-refractivity contribution in [1.82, 2.24) is 4.31 Å². The fraction of sp³-hybridized carbons (Fsp3) is 0.350. The molecule has 0 radical (unpaired) electrons. The Kier molecular flexibility index (Phi) is 7.04. The molecule has 2 aromatic rings. The highest BCUT2D eigenvalue weighted by Gasteiger charge is 2.20. The molecule has 28 heavy (non-hydrogen) atoms. The smallest absolute Gasteiger partial charge is 0.243 e. The van der Waals surface area contributed by atoms with Crippen molar-refractivity contribution in [3.05, 3.63) is 48.0 Å². The van der Waals surface area contributed by atoms with Crippen molar-refractivity contribution >= 4 is 27.3 Å². The van der Waals surface area contributed by atoms with E-state index in [-0.39, 0.29) is 17.3 Å². The van der Waals surface area contributed by atoms with Crippen molar-refractivity contribution in [2.24, 2.45) is 0 Å². The molecule has 2 aromatic carbocycles. The summed E-state index contributed by atoms with van der Waals surface area (Å²) in [5.41, 5.74) is 2.31. The minimum atomic E-state index is -3.62. The summed E-state index contributed by atoms with van der Waals surface area (Å²) in [6.45, 7) is 4.21. The van der Waals surface area contributed by atoms with Crippen molar-refractivity contribution in [2.45, 2.75) is 24.7 Å². The van der Waals surface area contributed by atoms with Crippen molar-refractivity contribution in [3.63, 3.8) is 0 Å². The SMILES string of the molecule is COc1ccc(S(=O)(=O)N(C)C)cc1NC(=O)CNc1ccccc1C(C)C. The minimum absolute atomic E-state index is 0.0392. The number of benzene rings is 2. The van der Waals surface area contributed by atoms with E-state index >= 15 is 0 Å². The van der Waals surface area contributed by atoms with Crippen LogP contribution in [0.4, 0.5) is 11.4 Å². The lowest BCUT2D eigenvalue weighted by molar-refractivity contribution is -0.114. The van der Waals surface area contributed by atoms with E-state index in [1.807, 2.05) is 24.3 Å². The van der Waals surface area contributed by atoms with Crippen LogP contribution >= 0.6 is 0 Å². The molecular weight excluding hydrogens is 378 g/mol. The summed E-state index contributed by atoms with van der Waals surface area (Å²) in [7, 11) is 0.745. The summed E-state index contributed by atoms with van der Waals surface area (Å²) in [4.78, 5) is 12.5. The van der Waals surface area contributed by atoms with Crippen LogP contribution in [0.3, 0.4) is 0 Å². The van der Waals surface area contributed by atoms with E-state index in [2.05, 4.69) is 24.5 Å². The average molecular weight is 406 g/mol. The van der Waals surface area contributed by atoms with Crippen LogP contribution in [0.2, 0.25) is 0 Å². The molecule has 0 aliphatic carbocycles. The van der Waals surface area contributed by atoms with Gasteiger partial charge in [-0.3, -0.25) is 4.79 Å². The first-order valence-electron chi connectivity index (χ1n) is 8.90. The van der Waals surface area contributed by atoms with E-state index in [4.69, 9.17) is 4.74 Å². The Morgan fingerprint density at radius 1 is 1.11 bits per heavy atom. The second-order valence-corrected chi connectivity index (χ2v) is 8.95. The van der Waals surface area contributed by atoms with E-state index in [1.54, 1.807) is 0 Å². The highest BCUT2D eigenvalue weighted by atomic mass is 32.2. The number of methoxy groups -OCH3 is 1. The van der Waals surface area contributed by atoms with Gasteiger partial charge >= 0.3 is 0 Å². The van der Waals surface area contributed by atoms with Gasteiger partial charge in [0.1, 0.15) is 5.75 Å². The van der Waals surface area contributed by atoms with Gasteiger partial charge < -0.3 is 15.4 Å². The molecular formula is C20H27N3O4S. The number of anilines is 2. The lowest BCUT2D eigenvalue weighted by Crippen LogP contribution is -2.24. The van der Waals surface area contributed by atoms with Gasteiger partial charge in [-0.05, 0) is 35.7 Å². The molecule has 0 unspecified atom stereocenters. The Morgan fingerprint density at radius 3 is 2.39 bits per heavy atom. The minimum Gasteiger partial charge on any atom is -0.495 e. The number of hydrogen-bond donors (Lipinski definition) is 2. The number of amides is 1. The number of hydrogen-bond acceptors (Lipinski definition) is 5. The van der Waals surface area contributed by atoms with Crippen LogP contribution in [-0.4, -0.2) is 46.4 Å². The summed E-state index contributed by atoms with van der Waals surface area (Å²) in [5, 5.41) is 5.86. The van der Waals surface area contributed by atoms with Gasteiger partial charge in [-0.15, -0.1) is 0 Å². The summed E-state index contributed by atoms with van der Waals surface area (Å²) in [6.07, 6.45) is 0. The van der Waals surface area contributed by atoms with E-state index in [9.17, 15) is 13.2 Å². The van der Waals surface area contributed by atoms with Gasteiger partial charge in [0.15, 0.2) is 0 Å². The number of para-hydroxylation sites is 1. The molecule has 0 fully saturated rings. The fourth-order valence-corrected chi connectivity index (χ4v) is 3.62. The van der Waals surface area contributed by atoms with Crippen molar-refractivity contribution < 1.29 is 17.9 Å². The third-order valence-corrected chi connectivity index (χ3v) is 6.06. The number of sulfonamides is 1. The Morgan fingerprint density at radius 2 is 1.79 bits per heavy atom. The number of ether oxygens (including phenoxy) is 1. The zero-order valence-corrected chi connectivity index (χ0v) is 17.6. The maximum atomic E-state index is 12.4. The van der Waals surface area contributed by atoms with E-state index in [0.717, 1.165) is 15.6 Å². The number of nitrogens with one attached hydrogen (secondary N) is 2. The Hall–Kier alpha value is -2.58. The predicted octanol–water partition coefficient (Wildman–Crippen LogP) is 3.12. The van der Waals surface area contributed by atoms with Gasteiger partial charge in [0.2, 0.25) is 15.9 Å². The summed E-state index contributed by atoms with van der Waals surface area (Å²) in [6, 6.07) is 12.2. The average Bonchev–Trinajstić information content (AvgIpc) is 2.66. The maximum Gasteiger partial charge on any atom is 0.243 e. The topological polar surface area (TPSA) is 87.7 Å². The quantitative estimate of drug-likeness (QED) is 0.705. The van der Waals surface area contributed by atoms with Gasteiger partial charge in [0.05, 0.1) is 24.2 Å². The van der Waals surface area contributed by atoms with Crippen LogP contribution in [0.1, 0.15) is 25.3 Å². The Bertz CT molecular complexity index is 940. The molecule has 2 N–H and O–H groups in total. The van der Waals surface area contributed by atoms with Crippen LogP contribution in [0, 0.1) is 0 Å². The molecule has 0 aliphatic heterocycles. The summed E-state index contributed by atoms with van der Waals surface area (Å²) in [5.74, 6) is 0.393. The number of carbonyl (C=O) groups is 1. The third kappa shape index (κ3) is 5.02. The summed E-state index contributed by atoms with van der Waals surface area (Å²) >= 11 is 0. The molecule has 0 aliphatic rings. The number of carbonyl (C=O) groups excluding carboxylic acids is 1. The van der Waals surface area contributed by atoms with Crippen LogP contribution in [-0.2, 0) is 14.8 Å². The van der Waals surface area contributed by atoms with Crippen molar-refractivity contribution in [1.29, 1.82) is 0 Å². The molecule has 2 rings (SSSR count). The van der Waals surface area contributed by atoms with E-state index in [0.29, 0.717) is 17.4 Å². The first-order chi connectivity index (χ1) is 13.2. The highest BCUT2D eigenvalue weighted by molar-refractivity contribution is 7.89. The summed E-state index contributed by atoms with van der Waals surface area (Å²) < 4.78 is 31.0. The van der Waals surface area contributed by atoms with Gasteiger partial charge in [-0.2, -0.15) is 0 Å². The van der Waals surface area contributed by atoms with E-state index < -0.39 is 10.0 Å². The molecule has 0 saturated carbocycles. The van der Waals surface area contributed by atoms with Gasteiger partial charge in [-0.1, -0.05) is 32.0 Å². The fourth-order valence-electron chi connectivity index (χ4n) is 2.69. The molecule has 152 valence electrons. The number of nitrogens with zero attached hydrogens (tertiary/aromatic N) is 1. The zero-order valence-electron chi connectivity index (χ0n) is 16.8. The lowest BCUT2D eigenvalue weighted by Gasteiger charge is -2.16. The Balaban J connectivity index is 2.17. The maximum absolute atomic E-state index is 12.4. The molecule has 1 amide bonds. The van der Waals surface area contributed by atoms with Crippen molar-refractivity contribution in [3.8, 4) is 5.75 Å².